The summed E-state index contributed by atoms with van der Waals surface area (Å²) < 4.78 is 37.4. The van der Waals surface area contributed by atoms with Crippen molar-refractivity contribution in [1.29, 1.82) is 0 Å². The first-order valence-corrected chi connectivity index (χ1v) is 14.2. The Morgan fingerprint density at radius 2 is 1.68 bits per heavy atom. The van der Waals surface area contributed by atoms with Crippen molar-refractivity contribution >= 4 is 27.5 Å². The Balaban J connectivity index is 2.45. The molecular formula is C27H39N3O6S. The highest BCUT2D eigenvalue weighted by molar-refractivity contribution is 7.92. The highest BCUT2D eigenvalue weighted by Gasteiger charge is 2.32. The number of hydrogen-bond acceptors (Lipinski definition) is 6. The molecule has 0 saturated carbocycles. The summed E-state index contributed by atoms with van der Waals surface area (Å²) in [5.74, 6) is -0.0610. The summed E-state index contributed by atoms with van der Waals surface area (Å²) in [6.07, 6.45) is 2.67. The van der Waals surface area contributed by atoms with Crippen LogP contribution in [0.3, 0.4) is 0 Å². The number of hydrogen-bond donors (Lipinski definition) is 1. The number of nitrogens with one attached hydrogen (secondary N) is 1. The van der Waals surface area contributed by atoms with Gasteiger partial charge in [0.15, 0.2) is 0 Å². The summed E-state index contributed by atoms with van der Waals surface area (Å²) >= 11 is 0. The van der Waals surface area contributed by atoms with Gasteiger partial charge >= 0.3 is 0 Å². The number of ether oxygens (including phenoxy) is 2. The first-order valence-electron chi connectivity index (χ1n) is 12.4. The van der Waals surface area contributed by atoms with E-state index in [0.717, 1.165) is 22.5 Å². The number of carbonyl (C=O) groups excluding carboxylic acids is 2. The zero-order valence-electron chi connectivity index (χ0n) is 22.6. The minimum atomic E-state index is -3.90. The number of anilines is 1. The third-order valence-electron chi connectivity index (χ3n) is 6.21. The molecule has 2 aromatic rings. The second kappa shape index (κ2) is 13.9. The van der Waals surface area contributed by atoms with Crippen LogP contribution in [-0.2, 0) is 26.0 Å². The molecule has 0 heterocycles. The van der Waals surface area contributed by atoms with E-state index in [2.05, 4.69) is 5.32 Å². The fraction of sp³-hybridized carbons (Fsp3) is 0.481. The minimum absolute atomic E-state index is 0.0545. The first-order chi connectivity index (χ1) is 17.5. The Labute approximate surface area is 220 Å². The molecule has 0 aliphatic rings. The maximum atomic E-state index is 13.8. The van der Waals surface area contributed by atoms with E-state index in [1.807, 2.05) is 51.1 Å². The molecule has 204 valence electrons. The monoisotopic (exact) mass is 533 g/mol. The zero-order chi connectivity index (χ0) is 27.6. The van der Waals surface area contributed by atoms with Gasteiger partial charge < -0.3 is 19.7 Å². The molecule has 0 aliphatic heterocycles. The van der Waals surface area contributed by atoms with Crippen LogP contribution in [0.1, 0.15) is 39.2 Å². The molecule has 10 heteroatoms. The Morgan fingerprint density at radius 3 is 2.22 bits per heavy atom. The normalized spacial score (nSPS) is 12.8. The van der Waals surface area contributed by atoms with E-state index in [-0.39, 0.29) is 29.9 Å². The van der Waals surface area contributed by atoms with Crippen LogP contribution in [-0.4, -0.2) is 70.8 Å². The van der Waals surface area contributed by atoms with Crippen molar-refractivity contribution in [2.75, 3.05) is 37.9 Å². The molecule has 1 N–H and O–H groups in total. The summed E-state index contributed by atoms with van der Waals surface area (Å²) in [7, 11) is -1.01. The molecule has 0 aliphatic carbocycles. The third kappa shape index (κ3) is 8.38. The minimum Gasteiger partial charge on any atom is -0.497 e. The maximum absolute atomic E-state index is 13.8. The van der Waals surface area contributed by atoms with E-state index in [1.54, 1.807) is 12.1 Å². The Morgan fingerprint density at radius 1 is 1.00 bits per heavy atom. The van der Waals surface area contributed by atoms with Crippen LogP contribution in [0.15, 0.2) is 48.5 Å². The molecule has 2 aromatic carbocycles. The fourth-order valence-electron chi connectivity index (χ4n) is 3.92. The number of sulfonamides is 1. The lowest BCUT2D eigenvalue weighted by molar-refractivity contribution is -0.139. The number of rotatable bonds is 14. The van der Waals surface area contributed by atoms with Gasteiger partial charge in [0, 0.05) is 18.7 Å². The second-order valence-corrected chi connectivity index (χ2v) is 10.8. The number of nitrogens with zero attached hydrogens (tertiary/aromatic N) is 2. The van der Waals surface area contributed by atoms with Gasteiger partial charge in [0.2, 0.25) is 21.8 Å². The molecule has 9 nitrogen and oxygen atoms in total. The smallest absolute Gasteiger partial charge is 0.244 e. The standard InChI is InChI=1S/C27H39N3O6S/c1-7-20(3)28-27(32)23(8-2)29(17-16-21-12-10-9-11-13-21)26(31)19-30(37(6,33)34)24-18-22(35-4)14-15-25(24)36-5/h9-15,18,20,23H,7-8,16-17,19H2,1-6H3,(H,28,32)/t20-,23+/m0/s1. The molecule has 2 amide bonds. The topological polar surface area (TPSA) is 105 Å². The van der Waals surface area contributed by atoms with E-state index in [9.17, 15) is 18.0 Å². The van der Waals surface area contributed by atoms with Crippen LogP contribution in [0, 0.1) is 0 Å². The Bertz CT molecular complexity index is 1140. The van der Waals surface area contributed by atoms with E-state index >= 15 is 0 Å². The van der Waals surface area contributed by atoms with Gasteiger partial charge in [-0.15, -0.1) is 0 Å². The van der Waals surface area contributed by atoms with Crippen LogP contribution in [0.2, 0.25) is 0 Å². The molecule has 0 fully saturated rings. The lowest BCUT2D eigenvalue weighted by atomic mass is 10.1. The van der Waals surface area contributed by atoms with Gasteiger partial charge in [0.05, 0.1) is 26.2 Å². The second-order valence-electron chi connectivity index (χ2n) is 8.87. The van der Waals surface area contributed by atoms with Crippen molar-refractivity contribution in [3.05, 3.63) is 54.1 Å². The maximum Gasteiger partial charge on any atom is 0.244 e. The van der Waals surface area contributed by atoms with Crippen molar-refractivity contribution in [2.24, 2.45) is 0 Å². The van der Waals surface area contributed by atoms with Crippen molar-refractivity contribution < 1.29 is 27.5 Å². The molecule has 2 rings (SSSR count). The quantitative estimate of drug-likeness (QED) is 0.400. The van der Waals surface area contributed by atoms with Crippen LogP contribution in [0.4, 0.5) is 5.69 Å². The van der Waals surface area contributed by atoms with Gasteiger partial charge in [-0.1, -0.05) is 44.2 Å². The van der Waals surface area contributed by atoms with E-state index < -0.39 is 28.5 Å². The molecule has 0 bridgehead atoms. The Hall–Kier alpha value is -3.27. The van der Waals surface area contributed by atoms with Gasteiger partial charge in [-0.25, -0.2) is 8.42 Å². The number of benzene rings is 2. The van der Waals surface area contributed by atoms with Crippen LogP contribution in [0.25, 0.3) is 0 Å². The summed E-state index contributed by atoms with van der Waals surface area (Å²) in [5.41, 5.74) is 1.18. The molecule has 37 heavy (non-hydrogen) atoms. The van der Waals surface area contributed by atoms with Crippen molar-refractivity contribution in [3.63, 3.8) is 0 Å². The lowest BCUT2D eigenvalue weighted by Gasteiger charge is -2.33. The highest BCUT2D eigenvalue weighted by Crippen LogP contribution is 2.34. The summed E-state index contributed by atoms with van der Waals surface area (Å²) in [4.78, 5) is 28.4. The molecule has 0 aromatic heterocycles. The average Bonchev–Trinajstić information content (AvgIpc) is 2.88. The average molecular weight is 534 g/mol. The highest BCUT2D eigenvalue weighted by atomic mass is 32.2. The fourth-order valence-corrected chi connectivity index (χ4v) is 4.77. The van der Waals surface area contributed by atoms with Crippen LogP contribution < -0.4 is 19.1 Å². The van der Waals surface area contributed by atoms with Crippen LogP contribution in [0.5, 0.6) is 11.5 Å². The van der Waals surface area contributed by atoms with Gasteiger partial charge in [-0.2, -0.15) is 0 Å². The number of carbonyl (C=O) groups is 2. The number of methoxy groups -OCH3 is 2. The molecule has 0 unspecified atom stereocenters. The van der Waals surface area contributed by atoms with Crippen LogP contribution >= 0.6 is 0 Å². The summed E-state index contributed by atoms with van der Waals surface area (Å²) in [6.45, 7) is 5.46. The van der Waals surface area contributed by atoms with Gasteiger partial charge in [-0.05, 0) is 43.9 Å². The zero-order valence-corrected chi connectivity index (χ0v) is 23.4. The van der Waals surface area contributed by atoms with E-state index in [4.69, 9.17) is 9.47 Å². The molecule has 2 atom stereocenters. The SMILES string of the molecule is CC[C@H](C(=O)N[C@@H](C)CC)N(CCc1ccccc1)C(=O)CN(c1cc(OC)ccc1OC)S(C)(=O)=O. The Kier molecular flexibility index (Phi) is 11.2. The molecule has 0 saturated heterocycles. The van der Waals surface area contributed by atoms with E-state index in [1.165, 1.54) is 25.2 Å². The molecule has 0 radical (unpaired) electrons. The van der Waals surface area contributed by atoms with Gasteiger partial charge in [0.1, 0.15) is 24.1 Å². The van der Waals surface area contributed by atoms with Gasteiger partial charge in [0.25, 0.3) is 0 Å². The first kappa shape index (κ1) is 30.0. The largest absolute Gasteiger partial charge is 0.497 e. The number of amides is 2. The lowest BCUT2D eigenvalue weighted by Crippen LogP contribution is -2.54. The predicted octanol–water partition coefficient (Wildman–Crippen LogP) is 3.23. The van der Waals surface area contributed by atoms with Crippen molar-refractivity contribution in [3.8, 4) is 11.5 Å². The van der Waals surface area contributed by atoms with Crippen molar-refractivity contribution in [1.82, 2.24) is 10.2 Å². The van der Waals surface area contributed by atoms with Gasteiger partial charge in [-0.3, -0.25) is 13.9 Å². The summed E-state index contributed by atoms with van der Waals surface area (Å²) in [5, 5.41) is 2.96. The predicted molar refractivity (Wildman–Crippen MR) is 146 cm³/mol. The third-order valence-corrected chi connectivity index (χ3v) is 7.33. The molecular weight excluding hydrogens is 494 g/mol. The summed E-state index contributed by atoms with van der Waals surface area (Å²) in [6, 6.07) is 13.6. The van der Waals surface area contributed by atoms with Crippen molar-refractivity contribution in [2.45, 2.75) is 52.1 Å². The molecule has 0 spiro atoms. The van der Waals surface area contributed by atoms with E-state index in [0.29, 0.717) is 18.6 Å².